The largest absolute Gasteiger partial charge is 0.228 e. The molecule has 2 heteroatoms. The second-order valence-electron chi connectivity index (χ2n) is 13.0. The Kier molecular flexibility index (Phi) is 4.45. The molecule has 0 fully saturated rings. The zero-order chi connectivity index (χ0) is 48.4. The Bertz CT molecular complexity index is 3570. The Morgan fingerprint density at radius 1 is 0.453 bits per heavy atom. The average Bonchev–Trinajstić information content (AvgIpc) is 3.69. The van der Waals surface area contributed by atoms with Crippen molar-refractivity contribution in [2.75, 3.05) is 0 Å². The molecule has 0 bridgehead atoms. The van der Waals surface area contributed by atoms with Crippen LogP contribution in [0.25, 0.3) is 88.8 Å². The van der Waals surface area contributed by atoms with Crippen molar-refractivity contribution < 1.29 is 20.6 Å². The maximum Gasteiger partial charge on any atom is 0.160 e. The Labute approximate surface area is 331 Å². The van der Waals surface area contributed by atoms with E-state index in [9.17, 15) is 6.85 Å². The summed E-state index contributed by atoms with van der Waals surface area (Å²) < 4.78 is 136. The van der Waals surface area contributed by atoms with Crippen LogP contribution < -0.4 is 0 Å². The Morgan fingerprint density at radius 2 is 1.08 bits per heavy atom. The van der Waals surface area contributed by atoms with Crippen molar-refractivity contribution in [1.29, 1.82) is 0 Å². The van der Waals surface area contributed by atoms with Gasteiger partial charge in [-0.2, -0.15) is 0 Å². The molecule has 0 spiro atoms. The highest BCUT2D eigenvalue weighted by Gasteiger charge is 2.36. The fourth-order valence-electron chi connectivity index (χ4n) is 7.16. The number of fused-ring (bicyclic) bond motifs is 5. The summed E-state index contributed by atoms with van der Waals surface area (Å²) in [5.74, 6) is 0.448. The smallest absolute Gasteiger partial charge is 0.160 e. The number of aromatic nitrogens is 2. The average molecular weight is 692 g/mol. The Hall–Kier alpha value is -6.64. The van der Waals surface area contributed by atoms with Crippen molar-refractivity contribution >= 4 is 21.5 Å². The minimum Gasteiger partial charge on any atom is -0.228 e. The molecule has 0 aliphatic heterocycles. The highest BCUT2D eigenvalue weighted by Crippen LogP contribution is 2.51. The van der Waals surface area contributed by atoms with Gasteiger partial charge >= 0.3 is 0 Å². The molecule has 0 amide bonds. The summed E-state index contributed by atoms with van der Waals surface area (Å²) in [6, 6.07) is 33.1. The lowest BCUT2D eigenvalue weighted by molar-refractivity contribution is 0.661. The number of hydrogen-bond acceptors (Lipinski definition) is 2. The lowest BCUT2D eigenvalue weighted by Gasteiger charge is -2.22. The van der Waals surface area contributed by atoms with Crippen molar-refractivity contribution in [2.24, 2.45) is 0 Å². The van der Waals surface area contributed by atoms with E-state index >= 15 is 0 Å². The number of hydrogen-bond donors (Lipinski definition) is 0. The molecular weight excluding hydrogens is 641 g/mol. The van der Waals surface area contributed by atoms with Gasteiger partial charge in [-0.1, -0.05) is 165 Å². The molecule has 9 aromatic rings. The first-order valence-corrected chi connectivity index (χ1v) is 17.1. The van der Waals surface area contributed by atoms with Gasteiger partial charge in [0.1, 0.15) is 0 Å². The summed E-state index contributed by atoms with van der Waals surface area (Å²) in [4.78, 5) is 10.1. The zero-order valence-corrected chi connectivity index (χ0v) is 28.0. The van der Waals surface area contributed by atoms with Gasteiger partial charge in [-0.15, -0.1) is 0 Å². The van der Waals surface area contributed by atoms with Gasteiger partial charge in [0.05, 0.1) is 23.7 Å². The van der Waals surface area contributed by atoms with Crippen LogP contribution in [-0.4, -0.2) is 9.97 Å². The topological polar surface area (TPSA) is 25.8 Å². The quantitative estimate of drug-likeness (QED) is 0.180. The minimum absolute atomic E-state index is 0.201. The van der Waals surface area contributed by atoms with Crippen molar-refractivity contribution in [1.82, 2.24) is 9.97 Å². The SMILES string of the molecule is [2H]c1c([2H])c2c(c([2H])c1-c1ccc(-c3cc(-c4cccc(-c5ccccc5)c4)nc(-c4ccccc4)n3)c3ccccc13)C(C([2H])([2H])[2H])(C([2H])([2H])[2H])c1c-2c([2H])c2c([2H])c([2H])c([2H])c([2H])c2c1[2H]. The summed E-state index contributed by atoms with van der Waals surface area (Å²) in [5.41, 5.74) is -0.484. The first-order valence-electron chi connectivity index (χ1n) is 24.6. The summed E-state index contributed by atoms with van der Waals surface area (Å²) >= 11 is 0. The fraction of sp³-hybridized carbons (Fsp3) is 0.0588. The van der Waals surface area contributed by atoms with Gasteiger partial charge < -0.3 is 0 Å². The van der Waals surface area contributed by atoms with Gasteiger partial charge in [0, 0.05) is 30.3 Å². The number of rotatable bonds is 5. The summed E-state index contributed by atoms with van der Waals surface area (Å²) in [7, 11) is 0. The maximum absolute atomic E-state index is 9.91. The predicted octanol–water partition coefficient (Wildman–Crippen LogP) is 13.4. The van der Waals surface area contributed by atoms with Crippen LogP contribution in [0.2, 0.25) is 0 Å². The summed E-state index contributed by atoms with van der Waals surface area (Å²) in [5, 5.41) is 0.00572. The van der Waals surface area contributed by atoms with E-state index in [0.717, 1.165) is 22.3 Å². The molecule has 0 unspecified atom stereocenters. The summed E-state index contributed by atoms with van der Waals surface area (Å²) in [6.45, 7) is -7.20. The van der Waals surface area contributed by atoms with E-state index in [1.165, 1.54) is 0 Å². The molecule has 1 heterocycles. The second kappa shape index (κ2) is 12.3. The predicted molar refractivity (Wildman–Crippen MR) is 222 cm³/mol. The van der Waals surface area contributed by atoms with Crippen molar-refractivity contribution in [2.45, 2.75) is 19.1 Å². The molecule has 8 aromatic carbocycles. The minimum atomic E-state index is -3.60. The molecule has 10 rings (SSSR count). The van der Waals surface area contributed by atoms with Gasteiger partial charge in [0.25, 0.3) is 0 Å². The standard InChI is InChI=1S/C51H36N2/c1-51(2)46-31-38(24-25-43(46)45-29-36-18-9-10-19-37(36)30-47(45)51)40-26-27-44(42-23-12-11-22-41(40)42)49-32-48(52-50(53-49)34-16-7-4-8-17-34)39-21-13-20-35(28-39)33-14-5-3-6-15-33/h3-32H,1-2H3/i1D3,2D3,9D,10D,18D,19D,24D,25D,29D,30D,31D. The number of nitrogens with zero attached hydrogens (tertiary/aromatic N) is 2. The fourth-order valence-corrected chi connectivity index (χ4v) is 7.16. The van der Waals surface area contributed by atoms with E-state index in [0.29, 0.717) is 33.5 Å². The molecule has 0 atom stereocenters. The third-order valence-corrected chi connectivity index (χ3v) is 9.74. The van der Waals surface area contributed by atoms with E-state index in [1.807, 2.05) is 91.0 Å². The van der Waals surface area contributed by atoms with Crippen molar-refractivity contribution in [3.8, 4) is 67.3 Å². The molecule has 1 aliphatic carbocycles. The first-order chi connectivity index (χ1) is 32.3. The third kappa shape index (κ3) is 5.26. The molecule has 1 aliphatic rings. The van der Waals surface area contributed by atoms with E-state index in [1.54, 1.807) is 30.3 Å². The molecular formula is C51H36N2. The van der Waals surface area contributed by atoms with E-state index < -0.39 is 107 Å². The lowest BCUT2D eigenvalue weighted by atomic mass is 9.81. The monoisotopic (exact) mass is 691 g/mol. The molecule has 1 aromatic heterocycles. The van der Waals surface area contributed by atoms with Crippen LogP contribution in [0.3, 0.4) is 0 Å². The first kappa shape index (κ1) is 19.3. The van der Waals surface area contributed by atoms with E-state index in [2.05, 4.69) is 6.07 Å². The maximum atomic E-state index is 9.91. The van der Waals surface area contributed by atoms with Crippen LogP contribution in [0.15, 0.2) is 182 Å². The normalized spacial score (nSPS) is 17.4. The molecule has 250 valence electrons. The molecule has 0 N–H and O–H groups in total. The van der Waals surface area contributed by atoms with Gasteiger partial charge in [-0.05, 0) is 96.3 Å². The second-order valence-corrected chi connectivity index (χ2v) is 13.0. The van der Waals surface area contributed by atoms with Crippen LogP contribution in [0, 0.1) is 0 Å². The summed E-state index contributed by atoms with van der Waals surface area (Å²) in [6.07, 6.45) is 0. The molecule has 53 heavy (non-hydrogen) atoms. The van der Waals surface area contributed by atoms with Gasteiger partial charge in [-0.3, -0.25) is 0 Å². The van der Waals surface area contributed by atoms with Crippen LogP contribution in [0.1, 0.15) is 45.4 Å². The van der Waals surface area contributed by atoms with Crippen molar-refractivity contribution in [3.05, 3.63) is 193 Å². The Balaban J connectivity index is 1.25. The lowest BCUT2D eigenvalue weighted by Crippen LogP contribution is -2.15. The van der Waals surface area contributed by atoms with Crippen LogP contribution in [0.5, 0.6) is 0 Å². The third-order valence-electron chi connectivity index (χ3n) is 9.74. The number of benzene rings is 8. The van der Waals surface area contributed by atoms with Crippen LogP contribution >= 0.6 is 0 Å². The van der Waals surface area contributed by atoms with E-state index in [4.69, 9.17) is 23.7 Å². The van der Waals surface area contributed by atoms with Crippen LogP contribution in [-0.2, 0) is 5.41 Å². The van der Waals surface area contributed by atoms with Gasteiger partial charge in [-0.25, -0.2) is 9.97 Å². The molecule has 0 saturated heterocycles. The van der Waals surface area contributed by atoms with E-state index in [-0.39, 0.29) is 11.1 Å². The molecule has 0 radical (unpaired) electrons. The highest BCUT2D eigenvalue weighted by molar-refractivity contribution is 6.05. The molecule has 0 saturated carbocycles. The zero-order valence-electron chi connectivity index (χ0n) is 43.0. The molecule has 2 nitrogen and oxygen atoms in total. The van der Waals surface area contributed by atoms with Crippen LogP contribution in [0.4, 0.5) is 0 Å². The van der Waals surface area contributed by atoms with Gasteiger partial charge in [0.2, 0.25) is 0 Å². The van der Waals surface area contributed by atoms with Gasteiger partial charge in [0.15, 0.2) is 5.82 Å². The Morgan fingerprint density at radius 3 is 1.85 bits per heavy atom. The highest BCUT2D eigenvalue weighted by atomic mass is 14.9. The van der Waals surface area contributed by atoms with Crippen molar-refractivity contribution in [3.63, 3.8) is 0 Å².